The van der Waals surface area contributed by atoms with E-state index in [1.165, 1.54) is 41.5 Å². The average Bonchev–Trinajstić information content (AvgIpc) is 2.80. The van der Waals surface area contributed by atoms with Crippen molar-refractivity contribution in [3.63, 3.8) is 0 Å². The minimum atomic E-state index is -3.83. The van der Waals surface area contributed by atoms with E-state index in [9.17, 15) is 13.2 Å². The number of rotatable bonds is 7. The van der Waals surface area contributed by atoms with Gasteiger partial charge < -0.3 is 5.32 Å². The van der Waals surface area contributed by atoms with Gasteiger partial charge in [-0.1, -0.05) is 53.0 Å². The van der Waals surface area contributed by atoms with Gasteiger partial charge in [-0.05, 0) is 80.9 Å². The lowest BCUT2D eigenvalue weighted by Gasteiger charge is -2.31. The fourth-order valence-electron chi connectivity index (χ4n) is 4.09. The van der Waals surface area contributed by atoms with E-state index >= 15 is 0 Å². The van der Waals surface area contributed by atoms with Crippen molar-refractivity contribution in [2.24, 2.45) is 5.92 Å². The molecule has 1 heterocycles. The van der Waals surface area contributed by atoms with Gasteiger partial charge in [0.05, 0.1) is 10.6 Å². The molecular formula is C26H27Cl2N3O3S. The highest BCUT2D eigenvalue weighted by Crippen LogP contribution is 2.26. The standard InChI is InChI=1S/C26H27Cl2N3O3S/c1-18-2-4-19(5-3-18)17-31-12-10-20(11-13-31)26(32)29-23-6-8-25(9-7-23)35(33,34)30-24-15-21(27)14-22(28)16-24/h2-9,14-16,20,30H,10-13,17H2,1H3,(H,29,32). The maximum atomic E-state index is 12.8. The molecule has 0 unspecified atom stereocenters. The topological polar surface area (TPSA) is 78.5 Å². The first-order valence-electron chi connectivity index (χ1n) is 11.4. The summed E-state index contributed by atoms with van der Waals surface area (Å²) in [6, 6.07) is 19.1. The van der Waals surface area contributed by atoms with Crippen molar-refractivity contribution in [3.8, 4) is 0 Å². The molecule has 6 nitrogen and oxygen atoms in total. The number of hydrogen-bond donors (Lipinski definition) is 2. The van der Waals surface area contributed by atoms with Crippen LogP contribution in [-0.4, -0.2) is 32.3 Å². The highest BCUT2D eigenvalue weighted by molar-refractivity contribution is 7.92. The van der Waals surface area contributed by atoms with Crippen LogP contribution in [0.15, 0.2) is 71.6 Å². The molecule has 1 aliphatic heterocycles. The molecule has 3 aromatic rings. The van der Waals surface area contributed by atoms with Crippen molar-refractivity contribution >= 4 is 50.5 Å². The van der Waals surface area contributed by atoms with E-state index in [1.807, 2.05) is 0 Å². The minimum absolute atomic E-state index is 0.0395. The van der Waals surface area contributed by atoms with Crippen LogP contribution in [0.5, 0.6) is 0 Å². The molecule has 35 heavy (non-hydrogen) atoms. The van der Waals surface area contributed by atoms with Crippen LogP contribution in [0.3, 0.4) is 0 Å². The van der Waals surface area contributed by atoms with Crippen LogP contribution in [0.25, 0.3) is 0 Å². The van der Waals surface area contributed by atoms with Gasteiger partial charge in [-0.15, -0.1) is 0 Å². The van der Waals surface area contributed by atoms with Crippen LogP contribution in [-0.2, 0) is 21.4 Å². The Morgan fingerprint density at radius 2 is 1.51 bits per heavy atom. The van der Waals surface area contributed by atoms with Gasteiger partial charge in [0.2, 0.25) is 5.91 Å². The smallest absolute Gasteiger partial charge is 0.261 e. The Labute approximate surface area is 216 Å². The summed E-state index contributed by atoms with van der Waals surface area (Å²) in [6.45, 7) is 4.69. The number of carbonyl (C=O) groups is 1. The molecule has 0 bridgehead atoms. The molecule has 0 spiro atoms. The maximum absolute atomic E-state index is 12.8. The molecule has 1 aliphatic rings. The largest absolute Gasteiger partial charge is 0.326 e. The Balaban J connectivity index is 1.30. The SMILES string of the molecule is Cc1ccc(CN2CCC(C(=O)Nc3ccc(S(=O)(=O)Nc4cc(Cl)cc(Cl)c4)cc3)CC2)cc1. The fourth-order valence-corrected chi connectivity index (χ4v) is 5.66. The molecule has 0 radical (unpaired) electrons. The number of piperidine rings is 1. The summed E-state index contributed by atoms with van der Waals surface area (Å²) >= 11 is 11.9. The zero-order valence-electron chi connectivity index (χ0n) is 19.3. The minimum Gasteiger partial charge on any atom is -0.326 e. The number of carbonyl (C=O) groups excluding carboxylic acids is 1. The van der Waals surface area contributed by atoms with E-state index in [1.54, 1.807) is 12.1 Å². The number of amides is 1. The molecule has 4 rings (SSSR count). The number of benzene rings is 3. The second-order valence-electron chi connectivity index (χ2n) is 8.81. The summed E-state index contributed by atoms with van der Waals surface area (Å²) in [7, 11) is -3.83. The lowest BCUT2D eigenvalue weighted by molar-refractivity contribution is -0.121. The molecule has 0 aliphatic carbocycles. The molecule has 1 fully saturated rings. The van der Waals surface area contributed by atoms with Crippen molar-refractivity contribution in [3.05, 3.63) is 87.9 Å². The van der Waals surface area contributed by atoms with E-state index in [-0.39, 0.29) is 22.4 Å². The number of nitrogens with zero attached hydrogens (tertiary/aromatic N) is 1. The van der Waals surface area contributed by atoms with Crippen LogP contribution in [0.4, 0.5) is 11.4 Å². The Morgan fingerprint density at radius 1 is 0.914 bits per heavy atom. The van der Waals surface area contributed by atoms with Gasteiger partial charge in [-0.3, -0.25) is 14.4 Å². The van der Waals surface area contributed by atoms with Crippen molar-refractivity contribution < 1.29 is 13.2 Å². The summed E-state index contributed by atoms with van der Waals surface area (Å²) in [5.74, 6) is -0.107. The van der Waals surface area contributed by atoms with E-state index in [4.69, 9.17) is 23.2 Å². The Bertz CT molecular complexity index is 1270. The molecule has 0 atom stereocenters. The van der Waals surface area contributed by atoms with Gasteiger partial charge in [0.25, 0.3) is 10.0 Å². The Kier molecular flexibility index (Phi) is 8.02. The number of likely N-dealkylation sites (tertiary alicyclic amines) is 1. The first-order valence-corrected chi connectivity index (χ1v) is 13.6. The second-order valence-corrected chi connectivity index (χ2v) is 11.4. The molecule has 3 aromatic carbocycles. The molecule has 1 saturated heterocycles. The molecule has 184 valence electrons. The van der Waals surface area contributed by atoms with E-state index in [2.05, 4.69) is 46.1 Å². The molecule has 9 heteroatoms. The zero-order chi connectivity index (χ0) is 25.0. The fraction of sp³-hybridized carbons (Fsp3) is 0.269. The van der Waals surface area contributed by atoms with E-state index in [0.29, 0.717) is 15.7 Å². The number of halogens is 2. The summed E-state index contributed by atoms with van der Waals surface area (Å²) in [6.07, 6.45) is 1.58. The highest BCUT2D eigenvalue weighted by Gasteiger charge is 2.25. The van der Waals surface area contributed by atoms with Crippen molar-refractivity contribution in [2.75, 3.05) is 23.1 Å². The maximum Gasteiger partial charge on any atom is 0.261 e. The molecular weight excluding hydrogens is 505 g/mol. The number of anilines is 2. The van der Waals surface area contributed by atoms with E-state index < -0.39 is 10.0 Å². The van der Waals surface area contributed by atoms with Crippen LogP contribution in [0.1, 0.15) is 24.0 Å². The predicted molar refractivity (Wildman–Crippen MR) is 142 cm³/mol. The first-order chi connectivity index (χ1) is 16.7. The summed E-state index contributed by atoms with van der Waals surface area (Å²) in [5, 5.41) is 3.57. The molecule has 0 saturated carbocycles. The third-order valence-corrected chi connectivity index (χ3v) is 7.87. The Morgan fingerprint density at radius 3 is 2.11 bits per heavy atom. The normalized spacial score (nSPS) is 15.1. The number of hydrogen-bond acceptors (Lipinski definition) is 4. The quantitative estimate of drug-likeness (QED) is 0.394. The van der Waals surface area contributed by atoms with Crippen molar-refractivity contribution in [2.45, 2.75) is 31.2 Å². The molecule has 1 amide bonds. The second kappa shape index (κ2) is 11.0. The summed E-state index contributed by atoms with van der Waals surface area (Å²) in [5.41, 5.74) is 3.36. The van der Waals surface area contributed by atoms with Crippen molar-refractivity contribution in [1.82, 2.24) is 4.90 Å². The van der Waals surface area contributed by atoms with Crippen LogP contribution >= 0.6 is 23.2 Å². The number of aryl methyl sites for hydroxylation is 1. The van der Waals surface area contributed by atoms with Crippen molar-refractivity contribution in [1.29, 1.82) is 0 Å². The van der Waals surface area contributed by atoms with Gasteiger partial charge in [0.15, 0.2) is 0 Å². The summed E-state index contributed by atoms with van der Waals surface area (Å²) in [4.78, 5) is 15.2. The third kappa shape index (κ3) is 6.98. The number of sulfonamides is 1. The highest BCUT2D eigenvalue weighted by atomic mass is 35.5. The zero-order valence-corrected chi connectivity index (χ0v) is 21.6. The monoisotopic (exact) mass is 531 g/mol. The lowest BCUT2D eigenvalue weighted by Crippen LogP contribution is -2.37. The summed E-state index contributed by atoms with van der Waals surface area (Å²) < 4.78 is 27.9. The van der Waals surface area contributed by atoms with Crippen LogP contribution in [0, 0.1) is 12.8 Å². The molecule has 0 aromatic heterocycles. The Hall–Kier alpha value is -2.58. The van der Waals surface area contributed by atoms with Gasteiger partial charge in [0, 0.05) is 28.2 Å². The van der Waals surface area contributed by atoms with Gasteiger partial charge in [-0.25, -0.2) is 8.42 Å². The first kappa shape index (κ1) is 25.5. The molecule has 2 N–H and O–H groups in total. The van der Waals surface area contributed by atoms with Crippen LogP contribution in [0.2, 0.25) is 10.0 Å². The average molecular weight is 532 g/mol. The van der Waals surface area contributed by atoms with Crippen LogP contribution < -0.4 is 10.0 Å². The predicted octanol–water partition coefficient (Wildman–Crippen LogP) is 5.95. The lowest BCUT2D eigenvalue weighted by atomic mass is 9.95. The number of nitrogens with one attached hydrogen (secondary N) is 2. The van der Waals surface area contributed by atoms with E-state index in [0.717, 1.165) is 32.5 Å². The van der Waals surface area contributed by atoms with Gasteiger partial charge in [0.1, 0.15) is 0 Å². The van der Waals surface area contributed by atoms with Gasteiger partial charge >= 0.3 is 0 Å². The third-order valence-electron chi connectivity index (χ3n) is 6.03. The van der Waals surface area contributed by atoms with Gasteiger partial charge in [-0.2, -0.15) is 0 Å².